The number of carbonyl (C=O) groups is 2. The molecule has 0 spiro atoms. The van der Waals surface area contributed by atoms with Crippen LogP contribution in [0.15, 0.2) is 54.1 Å². The molecule has 3 heterocycles. The highest BCUT2D eigenvalue weighted by Gasteiger charge is 2.49. The average Bonchev–Trinajstić information content (AvgIpc) is 3.67. The van der Waals surface area contributed by atoms with Crippen LogP contribution in [0.5, 0.6) is 28.7 Å². The highest BCUT2D eigenvalue weighted by molar-refractivity contribution is 7.22. The molecule has 0 radical (unpaired) electrons. The molecule has 222 valence electrons. The predicted molar refractivity (Wildman–Crippen MR) is 162 cm³/mol. The Labute approximate surface area is 252 Å². The van der Waals surface area contributed by atoms with Crippen LogP contribution in [0, 0.1) is 0 Å². The third-order valence-corrected chi connectivity index (χ3v) is 8.50. The summed E-state index contributed by atoms with van der Waals surface area (Å²) in [5.74, 6) is 0.449. The fourth-order valence-corrected chi connectivity index (χ4v) is 6.60. The van der Waals surface area contributed by atoms with Gasteiger partial charge in [-0.2, -0.15) is 0 Å². The summed E-state index contributed by atoms with van der Waals surface area (Å²) in [7, 11) is 4.45. The minimum absolute atomic E-state index is 0.000479. The van der Waals surface area contributed by atoms with E-state index in [-0.39, 0.29) is 17.4 Å². The van der Waals surface area contributed by atoms with E-state index in [1.807, 2.05) is 19.9 Å². The molecule has 1 aromatic heterocycles. The van der Waals surface area contributed by atoms with Crippen molar-refractivity contribution in [3.05, 3.63) is 70.8 Å². The van der Waals surface area contributed by atoms with Crippen LogP contribution < -0.4 is 28.6 Å². The normalized spacial score (nSPS) is 19.0. The second kappa shape index (κ2) is 11.1. The first kappa shape index (κ1) is 28.4. The van der Waals surface area contributed by atoms with Gasteiger partial charge in [-0.3, -0.25) is 14.5 Å². The fraction of sp³-hybridized carbons (Fsp3) is 0.281. The SMILES string of the molecule is CCOc1ccc2nc(N3C(=O)C(=O)C(=C(O)c4ccc5c(c4)C[C@H](C)O5)[C@@H]3c3cc(OC)c(OC)c(OC)c3)sc2c1. The van der Waals surface area contributed by atoms with E-state index in [1.165, 1.54) is 37.6 Å². The Balaban J connectivity index is 1.56. The van der Waals surface area contributed by atoms with Gasteiger partial charge in [0.1, 0.15) is 23.4 Å². The standard InChI is InChI=1S/C32H30N2O8S/c1-6-41-20-8-9-21-25(15-20)43-32(33-21)34-27(19-13-23(38-3)30(40-5)24(14-19)39-4)26(29(36)31(34)37)28(35)17-7-10-22-18(12-17)11-16(2)42-22/h7-10,12-16,27,35H,6,11H2,1-5H3/t16-,27-/m0/s1. The van der Waals surface area contributed by atoms with Crippen molar-refractivity contribution in [1.29, 1.82) is 0 Å². The quantitative estimate of drug-likeness (QED) is 0.155. The van der Waals surface area contributed by atoms with Gasteiger partial charge in [0.2, 0.25) is 5.75 Å². The zero-order valence-corrected chi connectivity index (χ0v) is 25.1. The average molecular weight is 603 g/mol. The molecule has 43 heavy (non-hydrogen) atoms. The number of ether oxygens (including phenoxy) is 5. The van der Waals surface area contributed by atoms with Crippen LogP contribution in [0.4, 0.5) is 5.13 Å². The summed E-state index contributed by atoms with van der Waals surface area (Å²) in [5.41, 5.74) is 2.33. The molecule has 1 fully saturated rings. The summed E-state index contributed by atoms with van der Waals surface area (Å²) in [4.78, 5) is 33.6. The van der Waals surface area contributed by atoms with Gasteiger partial charge in [0.25, 0.3) is 5.78 Å². The smallest absolute Gasteiger partial charge is 0.301 e. The molecule has 4 aromatic rings. The third kappa shape index (κ3) is 4.79. The Bertz CT molecular complexity index is 1770. The molecule has 0 bridgehead atoms. The lowest BCUT2D eigenvalue weighted by molar-refractivity contribution is -0.132. The van der Waals surface area contributed by atoms with Crippen LogP contribution in [0.3, 0.4) is 0 Å². The molecule has 2 aliphatic rings. The van der Waals surface area contributed by atoms with Gasteiger partial charge in [0.05, 0.1) is 49.8 Å². The fourth-order valence-electron chi connectivity index (χ4n) is 5.58. The summed E-state index contributed by atoms with van der Waals surface area (Å²) < 4.78 is 28.9. The van der Waals surface area contributed by atoms with E-state index in [9.17, 15) is 14.7 Å². The first-order valence-corrected chi connectivity index (χ1v) is 14.5. The summed E-state index contributed by atoms with van der Waals surface area (Å²) in [5, 5.41) is 12.0. The number of thiazole rings is 1. The Kier molecular flexibility index (Phi) is 7.35. The number of aromatic nitrogens is 1. The van der Waals surface area contributed by atoms with Crippen molar-refractivity contribution in [2.45, 2.75) is 32.4 Å². The van der Waals surface area contributed by atoms with E-state index in [2.05, 4.69) is 0 Å². The van der Waals surface area contributed by atoms with Crippen molar-refractivity contribution in [2.75, 3.05) is 32.8 Å². The molecule has 2 aliphatic heterocycles. The van der Waals surface area contributed by atoms with Crippen molar-refractivity contribution in [1.82, 2.24) is 4.98 Å². The number of aliphatic hydroxyl groups is 1. The largest absolute Gasteiger partial charge is 0.507 e. The van der Waals surface area contributed by atoms with Gasteiger partial charge in [-0.05, 0) is 73.5 Å². The number of hydrogen-bond acceptors (Lipinski definition) is 10. The van der Waals surface area contributed by atoms with Gasteiger partial charge in [-0.1, -0.05) is 11.3 Å². The van der Waals surface area contributed by atoms with Crippen LogP contribution >= 0.6 is 11.3 Å². The number of amides is 1. The molecule has 6 rings (SSSR count). The second-order valence-corrected chi connectivity index (χ2v) is 11.2. The Morgan fingerprint density at radius 3 is 2.47 bits per heavy atom. The molecule has 1 saturated heterocycles. The Morgan fingerprint density at radius 2 is 1.79 bits per heavy atom. The lowest BCUT2D eigenvalue weighted by atomic mass is 9.94. The van der Waals surface area contributed by atoms with Crippen LogP contribution in [0.25, 0.3) is 16.0 Å². The van der Waals surface area contributed by atoms with Gasteiger partial charge in [0.15, 0.2) is 16.6 Å². The topological polar surface area (TPSA) is 117 Å². The molecular weight excluding hydrogens is 572 g/mol. The van der Waals surface area contributed by atoms with E-state index in [1.54, 1.807) is 42.5 Å². The van der Waals surface area contributed by atoms with Crippen molar-refractivity contribution in [3.63, 3.8) is 0 Å². The molecule has 0 saturated carbocycles. The number of nitrogens with zero attached hydrogens (tertiary/aromatic N) is 2. The van der Waals surface area contributed by atoms with Gasteiger partial charge in [-0.15, -0.1) is 0 Å². The molecule has 3 aromatic carbocycles. The Hall–Kier alpha value is -4.77. The van der Waals surface area contributed by atoms with Crippen LogP contribution in [0.2, 0.25) is 0 Å². The van der Waals surface area contributed by atoms with Crippen LogP contribution in [-0.2, 0) is 16.0 Å². The summed E-state index contributed by atoms with van der Waals surface area (Å²) >= 11 is 1.25. The van der Waals surface area contributed by atoms with Crippen LogP contribution in [-0.4, -0.2) is 55.8 Å². The number of benzene rings is 3. The maximum absolute atomic E-state index is 13.8. The number of hydrogen-bond donors (Lipinski definition) is 1. The zero-order valence-electron chi connectivity index (χ0n) is 24.3. The molecule has 10 nitrogen and oxygen atoms in total. The van der Waals surface area contributed by atoms with Crippen LogP contribution in [0.1, 0.15) is 36.6 Å². The minimum Gasteiger partial charge on any atom is -0.507 e. The zero-order chi connectivity index (χ0) is 30.4. The number of aliphatic hydroxyl groups excluding tert-OH is 1. The number of fused-ring (bicyclic) bond motifs is 2. The molecule has 0 aliphatic carbocycles. The molecule has 11 heteroatoms. The monoisotopic (exact) mass is 602 g/mol. The third-order valence-electron chi connectivity index (χ3n) is 7.48. The highest BCUT2D eigenvalue weighted by atomic mass is 32.1. The van der Waals surface area contributed by atoms with E-state index >= 15 is 0 Å². The first-order valence-electron chi connectivity index (χ1n) is 13.7. The van der Waals surface area contributed by atoms with Crippen molar-refractivity contribution >= 4 is 44.1 Å². The van der Waals surface area contributed by atoms with Gasteiger partial charge >= 0.3 is 5.91 Å². The lowest BCUT2D eigenvalue weighted by Crippen LogP contribution is -2.29. The molecule has 0 unspecified atom stereocenters. The molecular formula is C32H30N2O8S. The second-order valence-electron chi connectivity index (χ2n) is 10.1. The number of carbonyl (C=O) groups excluding carboxylic acids is 2. The van der Waals surface area contributed by atoms with Gasteiger partial charge in [-0.25, -0.2) is 4.98 Å². The number of methoxy groups -OCH3 is 3. The highest BCUT2D eigenvalue weighted by Crippen LogP contribution is 2.48. The lowest BCUT2D eigenvalue weighted by Gasteiger charge is -2.24. The number of ketones is 1. The molecule has 1 N–H and O–H groups in total. The van der Waals surface area contributed by atoms with E-state index < -0.39 is 17.7 Å². The van der Waals surface area contributed by atoms with Crippen molar-refractivity contribution in [3.8, 4) is 28.7 Å². The molecule has 2 atom stereocenters. The summed E-state index contributed by atoms with van der Waals surface area (Å²) in [6.07, 6.45) is 0.663. The van der Waals surface area contributed by atoms with E-state index in [0.29, 0.717) is 57.8 Å². The number of Topliss-reactive ketones (excluding diaryl/α,β-unsaturated/α-hetero) is 1. The number of rotatable bonds is 8. The minimum atomic E-state index is -1.05. The van der Waals surface area contributed by atoms with Gasteiger partial charge < -0.3 is 28.8 Å². The first-order chi connectivity index (χ1) is 20.8. The molecule has 1 amide bonds. The van der Waals surface area contributed by atoms with Crippen molar-refractivity contribution < 1.29 is 38.4 Å². The Morgan fingerprint density at radius 1 is 1.05 bits per heavy atom. The van der Waals surface area contributed by atoms with E-state index in [4.69, 9.17) is 28.7 Å². The van der Waals surface area contributed by atoms with Crippen molar-refractivity contribution in [2.24, 2.45) is 0 Å². The predicted octanol–water partition coefficient (Wildman–Crippen LogP) is 5.67. The van der Waals surface area contributed by atoms with E-state index in [0.717, 1.165) is 16.0 Å². The maximum atomic E-state index is 13.8. The summed E-state index contributed by atoms with van der Waals surface area (Å²) in [6.45, 7) is 4.36. The maximum Gasteiger partial charge on any atom is 0.301 e. The number of anilines is 1. The summed E-state index contributed by atoms with van der Waals surface area (Å²) in [6, 6.07) is 13.0. The van der Waals surface area contributed by atoms with Gasteiger partial charge in [0, 0.05) is 12.0 Å².